The number of anilines is 1. The molecule has 3 rings (SSSR count). The van der Waals surface area contributed by atoms with Gasteiger partial charge in [-0.05, 0) is 16.7 Å². The topological polar surface area (TPSA) is 75.6 Å². The third-order valence-electron chi connectivity index (χ3n) is 3.82. The number of ether oxygens (including phenoxy) is 1. The quantitative estimate of drug-likeness (QED) is 0.473. The van der Waals surface area contributed by atoms with Crippen molar-refractivity contribution in [1.29, 1.82) is 0 Å². The molecule has 1 amide bonds. The summed E-state index contributed by atoms with van der Waals surface area (Å²) in [4.78, 5) is 24.4. The van der Waals surface area contributed by atoms with Crippen LogP contribution in [-0.2, 0) is 16.7 Å². The van der Waals surface area contributed by atoms with Gasteiger partial charge in [0.2, 0.25) is 0 Å². The molecule has 0 radical (unpaired) electrons. The fourth-order valence-corrected chi connectivity index (χ4v) is 3.86. The van der Waals surface area contributed by atoms with Crippen LogP contribution in [-0.4, -0.2) is 17.2 Å². The molecule has 5 nitrogen and oxygen atoms in total. The zero-order valence-electron chi connectivity index (χ0n) is 14.1. The highest BCUT2D eigenvalue weighted by Gasteiger charge is 2.21. The Hall–Kier alpha value is -2.64. The van der Waals surface area contributed by atoms with Crippen molar-refractivity contribution in [3.63, 3.8) is 0 Å². The number of aromatic carboxylic acids is 1. The zero-order valence-corrected chi connectivity index (χ0v) is 16.5. The number of carboxylic acid groups (broad SMARTS) is 1. The van der Waals surface area contributed by atoms with E-state index >= 15 is 0 Å². The molecular weight excluding hydrogens is 430 g/mol. The molecule has 0 aliphatic heterocycles. The fraction of sp³-hybridized carbons (Fsp3) is 0.100. The van der Waals surface area contributed by atoms with Gasteiger partial charge in [-0.15, -0.1) is 11.3 Å². The smallest absolute Gasteiger partial charge is 0.412 e. The van der Waals surface area contributed by atoms with Crippen LogP contribution in [0.15, 0.2) is 60.0 Å². The number of carbonyl (C=O) groups excluding carboxylic acids is 1. The molecule has 7 heteroatoms. The maximum Gasteiger partial charge on any atom is 0.412 e. The van der Waals surface area contributed by atoms with E-state index in [-0.39, 0.29) is 17.9 Å². The lowest BCUT2D eigenvalue weighted by Crippen LogP contribution is -2.15. The van der Waals surface area contributed by atoms with E-state index in [1.54, 1.807) is 5.38 Å². The number of nitrogens with one attached hydrogen (secondary N) is 1. The van der Waals surface area contributed by atoms with Gasteiger partial charge in [0.15, 0.2) is 0 Å². The summed E-state index contributed by atoms with van der Waals surface area (Å²) in [6, 6.07) is 16.9. The highest BCUT2D eigenvalue weighted by atomic mass is 79.9. The maximum atomic E-state index is 12.1. The number of hydrogen-bond acceptors (Lipinski definition) is 4. The van der Waals surface area contributed by atoms with Crippen LogP contribution in [0.5, 0.6) is 0 Å². The van der Waals surface area contributed by atoms with E-state index in [2.05, 4.69) is 21.2 Å². The van der Waals surface area contributed by atoms with Crippen LogP contribution in [0, 0.1) is 0 Å². The Kier molecular flexibility index (Phi) is 6.26. The molecule has 0 saturated heterocycles. The van der Waals surface area contributed by atoms with Crippen LogP contribution < -0.4 is 5.32 Å². The molecule has 2 N–H and O–H groups in total. The molecule has 0 spiro atoms. The van der Waals surface area contributed by atoms with Gasteiger partial charge in [0.25, 0.3) is 0 Å². The van der Waals surface area contributed by atoms with Crippen molar-refractivity contribution in [3.8, 4) is 10.4 Å². The van der Waals surface area contributed by atoms with Gasteiger partial charge in [-0.25, -0.2) is 9.59 Å². The van der Waals surface area contributed by atoms with Crippen LogP contribution in [0.2, 0.25) is 0 Å². The third-order valence-corrected chi connectivity index (χ3v) is 5.50. The Morgan fingerprint density at radius 1 is 1.04 bits per heavy atom. The van der Waals surface area contributed by atoms with Gasteiger partial charge in [-0.2, -0.15) is 0 Å². The third kappa shape index (κ3) is 4.75. The predicted octanol–water partition coefficient (Wildman–Crippen LogP) is 5.76. The van der Waals surface area contributed by atoms with Crippen molar-refractivity contribution in [1.82, 2.24) is 0 Å². The Labute approximate surface area is 168 Å². The van der Waals surface area contributed by atoms with Crippen LogP contribution >= 0.6 is 27.3 Å². The lowest BCUT2D eigenvalue weighted by Gasteiger charge is -2.08. The molecule has 0 unspecified atom stereocenters. The van der Waals surface area contributed by atoms with Gasteiger partial charge in [0.05, 0.1) is 10.6 Å². The van der Waals surface area contributed by atoms with Crippen LogP contribution in [0.25, 0.3) is 10.4 Å². The minimum atomic E-state index is -1.10. The number of hydrogen-bond donors (Lipinski definition) is 2. The number of carboxylic acids is 1. The van der Waals surface area contributed by atoms with E-state index in [4.69, 9.17) is 4.74 Å². The molecule has 138 valence electrons. The van der Waals surface area contributed by atoms with Gasteiger partial charge in [0.1, 0.15) is 12.2 Å². The summed E-state index contributed by atoms with van der Waals surface area (Å²) >= 11 is 4.65. The molecule has 0 aliphatic carbocycles. The molecule has 0 atom stereocenters. The predicted molar refractivity (Wildman–Crippen MR) is 110 cm³/mol. The Bertz CT molecular complexity index is 938. The maximum absolute atomic E-state index is 12.1. The average Bonchev–Trinajstić information content (AvgIpc) is 3.11. The number of alkyl halides is 1. The molecule has 0 bridgehead atoms. The van der Waals surface area contributed by atoms with Crippen molar-refractivity contribution >= 4 is 45.0 Å². The summed E-state index contributed by atoms with van der Waals surface area (Å²) in [6.45, 7) is 0.111. The van der Waals surface area contributed by atoms with Gasteiger partial charge in [-0.3, -0.25) is 5.32 Å². The highest BCUT2D eigenvalue weighted by molar-refractivity contribution is 9.08. The van der Waals surface area contributed by atoms with Crippen LogP contribution in [0.4, 0.5) is 10.5 Å². The molecule has 1 heterocycles. The molecule has 0 saturated carbocycles. The lowest BCUT2D eigenvalue weighted by atomic mass is 10.1. The van der Waals surface area contributed by atoms with Gasteiger partial charge in [-0.1, -0.05) is 70.5 Å². The summed E-state index contributed by atoms with van der Waals surface area (Å²) in [5.74, 6) is -1.10. The summed E-state index contributed by atoms with van der Waals surface area (Å²) in [7, 11) is 0. The molecule has 1 aromatic heterocycles. The lowest BCUT2D eigenvalue weighted by molar-refractivity contribution is 0.0699. The first kappa shape index (κ1) is 19.1. The van der Waals surface area contributed by atoms with E-state index in [1.807, 2.05) is 54.6 Å². The van der Waals surface area contributed by atoms with Crippen molar-refractivity contribution in [3.05, 3.63) is 76.7 Å². The van der Waals surface area contributed by atoms with Crippen molar-refractivity contribution < 1.29 is 19.4 Å². The number of halogens is 1. The highest BCUT2D eigenvalue weighted by Crippen LogP contribution is 2.36. The number of rotatable bonds is 6. The Morgan fingerprint density at radius 2 is 1.74 bits per heavy atom. The van der Waals surface area contributed by atoms with E-state index in [0.29, 0.717) is 4.88 Å². The van der Waals surface area contributed by atoms with E-state index in [9.17, 15) is 14.7 Å². The van der Waals surface area contributed by atoms with Gasteiger partial charge >= 0.3 is 12.1 Å². The largest absolute Gasteiger partial charge is 0.478 e. The van der Waals surface area contributed by atoms with E-state index in [1.165, 1.54) is 11.3 Å². The SMILES string of the molecule is O=C(Nc1csc(-c2ccc(CBr)cc2)c1C(=O)O)OCc1ccccc1. The van der Waals surface area contributed by atoms with Crippen molar-refractivity contribution in [2.75, 3.05) is 5.32 Å². The minimum absolute atomic E-state index is 0.0586. The first-order chi connectivity index (χ1) is 13.1. The molecule has 0 aliphatic rings. The minimum Gasteiger partial charge on any atom is -0.478 e. The second-order valence-electron chi connectivity index (χ2n) is 5.68. The Morgan fingerprint density at radius 3 is 2.37 bits per heavy atom. The monoisotopic (exact) mass is 445 g/mol. The molecule has 0 fully saturated rings. The summed E-state index contributed by atoms with van der Waals surface area (Å²) in [5.41, 5.74) is 3.01. The first-order valence-corrected chi connectivity index (χ1v) is 10.1. The number of thiophene rings is 1. The standard InChI is InChI=1S/C20H16BrNO4S/c21-10-13-6-8-15(9-7-13)18-17(19(23)24)16(12-27-18)22-20(25)26-11-14-4-2-1-3-5-14/h1-9,12H,10-11H2,(H,22,25)(H,23,24). The zero-order chi connectivity index (χ0) is 19.2. The molecular formula is C20H16BrNO4S. The second kappa shape index (κ2) is 8.83. The van der Waals surface area contributed by atoms with Crippen molar-refractivity contribution in [2.24, 2.45) is 0 Å². The number of amides is 1. The normalized spacial score (nSPS) is 10.4. The van der Waals surface area contributed by atoms with E-state index < -0.39 is 12.1 Å². The van der Waals surface area contributed by atoms with Gasteiger partial charge in [0, 0.05) is 10.7 Å². The van der Waals surface area contributed by atoms with Gasteiger partial charge < -0.3 is 9.84 Å². The molecule has 2 aromatic carbocycles. The van der Waals surface area contributed by atoms with Crippen LogP contribution in [0.3, 0.4) is 0 Å². The second-order valence-corrected chi connectivity index (χ2v) is 7.12. The summed E-state index contributed by atoms with van der Waals surface area (Å²) < 4.78 is 5.17. The van der Waals surface area contributed by atoms with E-state index in [0.717, 1.165) is 22.0 Å². The number of benzene rings is 2. The fourth-order valence-electron chi connectivity index (χ4n) is 2.49. The molecule has 3 aromatic rings. The number of carbonyl (C=O) groups is 2. The summed E-state index contributed by atoms with van der Waals surface area (Å²) in [5, 5.41) is 14.5. The Balaban J connectivity index is 1.76. The average molecular weight is 446 g/mol. The summed E-state index contributed by atoms with van der Waals surface area (Å²) in [6.07, 6.45) is -0.694. The first-order valence-electron chi connectivity index (χ1n) is 8.06. The molecule has 27 heavy (non-hydrogen) atoms. The van der Waals surface area contributed by atoms with Crippen molar-refractivity contribution in [2.45, 2.75) is 11.9 Å². The van der Waals surface area contributed by atoms with Crippen LogP contribution in [0.1, 0.15) is 21.5 Å².